The predicted molar refractivity (Wildman–Crippen MR) is 110 cm³/mol. The standard InChI is InChI=1S/C22H22FN3O3/c1-28-20-10-3-15(13-21(20)29-2)11-12-24-18-8-9-19(25-14-18)22(27)26-17-6-4-16(23)5-7-17/h3-10,13-14,24H,11-12H2,1-2H3,(H,26,27). The lowest BCUT2D eigenvalue weighted by molar-refractivity contribution is 0.102. The van der Waals surface area contributed by atoms with Gasteiger partial charge in [-0.05, 0) is 60.5 Å². The summed E-state index contributed by atoms with van der Waals surface area (Å²) in [6.45, 7) is 0.693. The average molecular weight is 395 g/mol. The molecule has 0 saturated carbocycles. The number of ether oxygens (including phenoxy) is 2. The lowest BCUT2D eigenvalue weighted by atomic mass is 10.1. The fraction of sp³-hybridized carbons (Fsp3) is 0.182. The van der Waals surface area contributed by atoms with Crippen molar-refractivity contribution in [1.29, 1.82) is 0 Å². The normalized spacial score (nSPS) is 10.3. The van der Waals surface area contributed by atoms with E-state index >= 15 is 0 Å². The molecule has 0 spiro atoms. The number of carbonyl (C=O) groups is 1. The lowest BCUT2D eigenvalue weighted by Crippen LogP contribution is -2.14. The Morgan fingerprint density at radius 2 is 1.69 bits per heavy atom. The summed E-state index contributed by atoms with van der Waals surface area (Å²) < 4.78 is 23.5. The maximum atomic E-state index is 12.9. The molecule has 0 bridgehead atoms. The van der Waals surface area contributed by atoms with Gasteiger partial charge in [-0.25, -0.2) is 9.37 Å². The molecule has 0 aliphatic rings. The van der Waals surface area contributed by atoms with Crippen molar-refractivity contribution in [1.82, 2.24) is 4.98 Å². The molecule has 1 aromatic heterocycles. The van der Waals surface area contributed by atoms with Gasteiger partial charge in [0.1, 0.15) is 11.5 Å². The van der Waals surface area contributed by atoms with Gasteiger partial charge >= 0.3 is 0 Å². The Kier molecular flexibility index (Phi) is 6.63. The highest BCUT2D eigenvalue weighted by atomic mass is 19.1. The number of nitrogens with zero attached hydrogens (tertiary/aromatic N) is 1. The van der Waals surface area contributed by atoms with E-state index in [9.17, 15) is 9.18 Å². The Labute approximate surface area is 168 Å². The van der Waals surface area contributed by atoms with Gasteiger partial charge in [-0.1, -0.05) is 6.07 Å². The molecule has 150 valence electrons. The van der Waals surface area contributed by atoms with Gasteiger partial charge in [-0.3, -0.25) is 4.79 Å². The molecule has 0 saturated heterocycles. The van der Waals surface area contributed by atoms with Gasteiger partial charge in [-0.2, -0.15) is 0 Å². The van der Waals surface area contributed by atoms with Crippen molar-refractivity contribution in [2.75, 3.05) is 31.4 Å². The first-order chi connectivity index (χ1) is 14.1. The van der Waals surface area contributed by atoms with Gasteiger partial charge in [0.25, 0.3) is 5.91 Å². The molecule has 3 aromatic rings. The minimum atomic E-state index is -0.357. The number of benzene rings is 2. The van der Waals surface area contributed by atoms with E-state index in [1.165, 1.54) is 24.3 Å². The highest BCUT2D eigenvalue weighted by molar-refractivity contribution is 6.02. The Balaban J connectivity index is 1.52. The Morgan fingerprint density at radius 3 is 2.34 bits per heavy atom. The van der Waals surface area contributed by atoms with Gasteiger partial charge in [-0.15, -0.1) is 0 Å². The molecule has 0 atom stereocenters. The molecule has 2 aromatic carbocycles. The average Bonchev–Trinajstić information content (AvgIpc) is 2.75. The third-order valence-corrected chi connectivity index (χ3v) is 4.29. The van der Waals surface area contributed by atoms with Crippen LogP contribution in [0.5, 0.6) is 11.5 Å². The quantitative estimate of drug-likeness (QED) is 0.600. The van der Waals surface area contributed by atoms with Crippen LogP contribution >= 0.6 is 0 Å². The molecular formula is C22H22FN3O3. The number of nitrogens with one attached hydrogen (secondary N) is 2. The van der Waals surface area contributed by atoms with Crippen LogP contribution in [0.15, 0.2) is 60.8 Å². The van der Waals surface area contributed by atoms with E-state index in [2.05, 4.69) is 15.6 Å². The summed E-state index contributed by atoms with van der Waals surface area (Å²) in [6.07, 6.45) is 2.39. The predicted octanol–water partition coefficient (Wildman–Crippen LogP) is 4.14. The second-order valence-electron chi connectivity index (χ2n) is 6.26. The maximum Gasteiger partial charge on any atom is 0.274 e. The molecule has 6 nitrogen and oxygen atoms in total. The number of pyridine rings is 1. The lowest BCUT2D eigenvalue weighted by Gasteiger charge is -2.11. The third-order valence-electron chi connectivity index (χ3n) is 4.29. The zero-order chi connectivity index (χ0) is 20.6. The number of rotatable bonds is 8. The fourth-order valence-corrected chi connectivity index (χ4v) is 2.75. The van der Waals surface area contributed by atoms with Crippen LogP contribution in [0.1, 0.15) is 16.1 Å². The van der Waals surface area contributed by atoms with Crippen LogP contribution in [0.4, 0.5) is 15.8 Å². The molecule has 1 heterocycles. The van der Waals surface area contributed by atoms with Crippen molar-refractivity contribution in [2.24, 2.45) is 0 Å². The molecule has 2 N–H and O–H groups in total. The number of hydrogen-bond donors (Lipinski definition) is 2. The molecular weight excluding hydrogens is 373 g/mol. The van der Waals surface area contributed by atoms with Crippen molar-refractivity contribution in [3.05, 3.63) is 77.9 Å². The third kappa shape index (κ3) is 5.44. The zero-order valence-corrected chi connectivity index (χ0v) is 16.2. The van der Waals surface area contributed by atoms with Crippen LogP contribution in [-0.4, -0.2) is 31.7 Å². The van der Waals surface area contributed by atoms with Crippen molar-refractivity contribution in [2.45, 2.75) is 6.42 Å². The number of halogens is 1. The first-order valence-electron chi connectivity index (χ1n) is 9.07. The smallest absolute Gasteiger partial charge is 0.274 e. The van der Waals surface area contributed by atoms with E-state index in [4.69, 9.17) is 9.47 Å². The minimum absolute atomic E-state index is 0.278. The van der Waals surface area contributed by atoms with Crippen LogP contribution in [0, 0.1) is 5.82 Å². The number of methoxy groups -OCH3 is 2. The first-order valence-corrected chi connectivity index (χ1v) is 9.07. The van der Waals surface area contributed by atoms with Gasteiger partial charge in [0.05, 0.1) is 26.1 Å². The summed E-state index contributed by atoms with van der Waals surface area (Å²) in [4.78, 5) is 16.4. The summed E-state index contributed by atoms with van der Waals surface area (Å²) in [7, 11) is 3.22. The summed E-state index contributed by atoms with van der Waals surface area (Å²) >= 11 is 0. The molecule has 0 unspecified atom stereocenters. The molecule has 29 heavy (non-hydrogen) atoms. The fourth-order valence-electron chi connectivity index (χ4n) is 2.75. The van der Waals surface area contributed by atoms with Gasteiger partial charge in [0, 0.05) is 12.2 Å². The molecule has 0 fully saturated rings. The Hall–Kier alpha value is -3.61. The van der Waals surface area contributed by atoms with E-state index in [1.54, 1.807) is 32.5 Å². The van der Waals surface area contributed by atoms with Gasteiger partial charge in [0.15, 0.2) is 11.5 Å². The van der Waals surface area contributed by atoms with Crippen molar-refractivity contribution >= 4 is 17.3 Å². The monoisotopic (exact) mass is 395 g/mol. The van der Waals surface area contributed by atoms with Crippen LogP contribution in [-0.2, 0) is 6.42 Å². The molecule has 0 aliphatic heterocycles. The van der Waals surface area contributed by atoms with E-state index < -0.39 is 0 Å². The largest absolute Gasteiger partial charge is 0.493 e. The number of hydrogen-bond acceptors (Lipinski definition) is 5. The zero-order valence-electron chi connectivity index (χ0n) is 16.2. The van der Waals surface area contributed by atoms with E-state index in [1.807, 2.05) is 18.2 Å². The highest BCUT2D eigenvalue weighted by Gasteiger charge is 2.08. The van der Waals surface area contributed by atoms with Gasteiger partial charge < -0.3 is 20.1 Å². The molecule has 0 radical (unpaired) electrons. The second kappa shape index (κ2) is 9.54. The number of amides is 1. The molecule has 7 heteroatoms. The van der Waals surface area contributed by atoms with Crippen molar-refractivity contribution in [3.63, 3.8) is 0 Å². The Morgan fingerprint density at radius 1 is 0.966 bits per heavy atom. The SMILES string of the molecule is COc1ccc(CCNc2ccc(C(=O)Nc3ccc(F)cc3)nc2)cc1OC. The van der Waals surface area contributed by atoms with Crippen molar-refractivity contribution in [3.8, 4) is 11.5 Å². The van der Waals surface area contributed by atoms with Crippen molar-refractivity contribution < 1.29 is 18.7 Å². The summed E-state index contributed by atoms with van der Waals surface area (Å²) in [6, 6.07) is 14.8. The summed E-state index contributed by atoms with van der Waals surface area (Å²) in [5.74, 6) is 0.684. The number of carbonyl (C=O) groups excluding carboxylic acids is 1. The van der Waals surface area contributed by atoms with E-state index in [-0.39, 0.29) is 17.4 Å². The first kappa shape index (κ1) is 20.1. The van der Waals surface area contributed by atoms with Crippen LogP contribution in [0.2, 0.25) is 0 Å². The van der Waals surface area contributed by atoms with Crippen LogP contribution in [0.3, 0.4) is 0 Å². The second-order valence-corrected chi connectivity index (χ2v) is 6.26. The maximum absolute atomic E-state index is 12.9. The minimum Gasteiger partial charge on any atom is -0.493 e. The topological polar surface area (TPSA) is 72.5 Å². The molecule has 0 aliphatic carbocycles. The summed E-state index contributed by atoms with van der Waals surface area (Å²) in [5.41, 5.74) is 2.71. The number of anilines is 2. The molecule has 3 rings (SSSR count). The van der Waals surface area contributed by atoms with Crippen LogP contribution in [0.25, 0.3) is 0 Å². The summed E-state index contributed by atoms with van der Waals surface area (Å²) in [5, 5.41) is 5.95. The van der Waals surface area contributed by atoms with Gasteiger partial charge in [0.2, 0.25) is 0 Å². The Bertz CT molecular complexity index is 960. The number of aromatic nitrogens is 1. The van der Waals surface area contributed by atoms with E-state index in [0.717, 1.165) is 17.7 Å². The van der Waals surface area contributed by atoms with E-state index in [0.29, 0.717) is 23.7 Å². The van der Waals surface area contributed by atoms with Crippen LogP contribution < -0.4 is 20.1 Å². The molecule has 1 amide bonds. The highest BCUT2D eigenvalue weighted by Crippen LogP contribution is 2.27.